The standard InChI is InChI=1S/C12H14O5/c1-8(11(13)14)6-7-17-10-4-2-9(3-5-10)12(15)16/h2-5,8H,6-7H2,1H3,(H,13,14)(H,15,16)/t8-/m1/s1. The van der Waals surface area contributed by atoms with Gasteiger partial charge in [-0.3, -0.25) is 4.79 Å². The molecule has 0 saturated heterocycles. The first-order chi connectivity index (χ1) is 8.00. The second-order valence-electron chi connectivity index (χ2n) is 3.71. The number of hydrogen-bond donors (Lipinski definition) is 2. The van der Waals surface area contributed by atoms with Gasteiger partial charge in [-0.05, 0) is 30.7 Å². The summed E-state index contributed by atoms with van der Waals surface area (Å²) in [6.07, 6.45) is 0.413. The normalized spacial score (nSPS) is 11.8. The molecule has 1 rings (SSSR count). The van der Waals surface area contributed by atoms with Crippen LogP contribution in [0.1, 0.15) is 23.7 Å². The molecule has 2 N–H and O–H groups in total. The van der Waals surface area contributed by atoms with Crippen molar-refractivity contribution in [3.05, 3.63) is 29.8 Å². The van der Waals surface area contributed by atoms with Crippen molar-refractivity contribution in [3.8, 4) is 5.75 Å². The topological polar surface area (TPSA) is 83.8 Å². The molecule has 0 radical (unpaired) electrons. The smallest absolute Gasteiger partial charge is 0.335 e. The minimum absolute atomic E-state index is 0.191. The average Bonchev–Trinajstić information content (AvgIpc) is 2.29. The maximum absolute atomic E-state index is 10.6. The van der Waals surface area contributed by atoms with Crippen LogP contribution in [-0.2, 0) is 4.79 Å². The Morgan fingerprint density at radius 2 is 1.82 bits per heavy atom. The fraction of sp³-hybridized carbons (Fsp3) is 0.333. The summed E-state index contributed by atoms with van der Waals surface area (Å²) in [5.41, 5.74) is 0.191. The molecule has 0 amide bonds. The van der Waals surface area contributed by atoms with Crippen LogP contribution in [0.5, 0.6) is 5.75 Å². The van der Waals surface area contributed by atoms with Crippen LogP contribution in [0.2, 0.25) is 0 Å². The molecular formula is C12H14O5. The van der Waals surface area contributed by atoms with Crippen molar-refractivity contribution in [1.29, 1.82) is 0 Å². The lowest BCUT2D eigenvalue weighted by Crippen LogP contribution is -2.13. The maximum Gasteiger partial charge on any atom is 0.335 e. The molecule has 0 heterocycles. The zero-order valence-corrected chi connectivity index (χ0v) is 9.42. The Morgan fingerprint density at radius 3 is 2.29 bits per heavy atom. The predicted molar refractivity (Wildman–Crippen MR) is 60.3 cm³/mol. The predicted octanol–water partition coefficient (Wildman–Crippen LogP) is 1.87. The second-order valence-corrected chi connectivity index (χ2v) is 3.71. The van der Waals surface area contributed by atoms with Crippen molar-refractivity contribution >= 4 is 11.9 Å². The third kappa shape index (κ3) is 4.14. The number of rotatable bonds is 6. The summed E-state index contributed by atoms with van der Waals surface area (Å²) in [6, 6.07) is 5.99. The fourth-order valence-corrected chi connectivity index (χ4v) is 1.17. The Hall–Kier alpha value is -2.04. The van der Waals surface area contributed by atoms with Gasteiger partial charge < -0.3 is 14.9 Å². The molecule has 5 heteroatoms. The van der Waals surface area contributed by atoms with Gasteiger partial charge in [0, 0.05) is 0 Å². The zero-order valence-electron chi connectivity index (χ0n) is 9.42. The highest BCUT2D eigenvalue weighted by Gasteiger charge is 2.10. The van der Waals surface area contributed by atoms with Gasteiger partial charge in [0.05, 0.1) is 18.1 Å². The van der Waals surface area contributed by atoms with Crippen LogP contribution in [0.15, 0.2) is 24.3 Å². The van der Waals surface area contributed by atoms with Crippen LogP contribution in [0.25, 0.3) is 0 Å². The summed E-state index contributed by atoms with van der Waals surface area (Å²) in [6.45, 7) is 1.90. The van der Waals surface area contributed by atoms with Crippen molar-refractivity contribution in [2.75, 3.05) is 6.61 Å². The number of aliphatic carboxylic acids is 1. The number of carbonyl (C=O) groups is 2. The Balaban J connectivity index is 2.42. The lowest BCUT2D eigenvalue weighted by molar-refractivity contribution is -0.141. The molecule has 0 spiro atoms. The summed E-state index contributed by atoms with van der Waals surface area (Å²) in [5, 5.41) is 17.3. The fourth-order valence-electron chi connectivity index (χ4n) is 1.17. The van der Waals surface area contributed by atoms with Crippen LogP contribution in [0.3, 0.4) is 0 Å². The summed E-state index contributed by atoms with van der Waals surface area (Å²) >= 11 is 0. The van der Waals surface area contributed by atoms with E-state index in [9.17, 15) is 9.59 Å². The minimum Gasteiger partial charge on any atom is -0.494 e. The monoisotopic (exact) mass is 238 g/mol. The van der Waals surface area contributed by atoms with Crippen LogP contribution in [-0.4, -0.2) is 28.8 Å². The molecular weight excluding hydrogens is 224 g/mol. The summed E-state index contributed by atoms with van der Waals surface area (Å²) in [5.74, 6) is -1.76. The van der Waals surface area contributed by atoms with Crippen LogP contribution >= 0.6 is 0 Å². The van der Waals surface area contributed by atoms with Crippen molar-refractivity contribution in [3.63, 3.8) is 0 Å². The molecule has 17 heavy (non-hydrogen) atoms. The first-order valence-electron chi connectivity index (χ1n) is 5.19. The zero-order chi connectivity index (χ0) is 12.8. The lowest BCUT2D eigenvalue weighted by atomic mass is 10.1. The third-order valence-corrected chi connectivity index (χ3v) is 2.34. The van der Waals surface area contributed by atoms with Crippen LogP contribution in [0.4, 0.5) is 0 Å². The van der Waals surface area contributed by atoms with Crippen LogP contribution < -0.4 is 4.74 Å². The van der Waals surface area contributed by atoms with Gasteiger partial charge in [-0.1, -0.05) is 6.92 Å². The average molecular weight is 238 g/mol. The van der Waals surface area contributed by atoms with Gasteiger partial charge >= 0.3 is 11.9 Å². The number of hydrogen-bond acceptors (Lipinski definition) is 3. The van der Waals surface area contributed by atoms with Gasteiger partial charge in [0.2, 0.25) is 0 Å². The third-order valence-electron chi connectivity index (χ3n) is 2.34. The molecule has 0 saturated carbocycles. The number of ether oxygens (including phenoxy) is 1. The summed E-state index contributed by atoms with van der Waals surface area (Å²) < 4.78 is 5.31. The van der Waals surface area contributed by atoms with E-state index in [-0.39, 0.29) is 5.56 Å². The van der Waals surface area contributed by atoms with Gasteiger partial charge in [0.25, 0.3) is 0 Å². The van der Waals surface area contributed by atoms with Crippen molar-refractivity contribution in [2.24, 2.45) is 5.92 Å². The van der Waals surface area contributed by atoms with E-state index in [2.05, 4.69) is 0 Å². The van der Waals surface area contributed by atoms with E-state index >= 15 is 0 Å². The number of benzene rings is 1. The van der Waals surface area contributed by atoms with Gasteiger partial charge in [-0.25, -0.2) is 4.79 Å². The first kappa shape index (κ1) is 13.0. The number of aromatic carboxylic acids is 1. The summed E-state index contributed by atoms with van der Waals surface area (Å²) in [4.78, 5) is 21.1. The SMILES string of the molecule is C[C@H](CCOc1ccc(C(=O)O)cc1)C(=O)O. The highest BCUT2D eigenvalue weighted by Crippen LogP contribution is 2.13. The van der Waals surface area contributed by atoms with E-state index in [1.54, 1.807) is 19.1 Å². The largest absolute Gasteiger partial charge is 0.494 e. The molecule has 1 aromatic carbocycles. The van der Waals surface area contributed by atoms with E-state index in [1.165, 1.54) is 12.1 Å². The molecule has 92 valence electrons. The molecule has 1 aromatic rings. The highest BCUT2D eigenvalue weighted by atomic mass is 16.5. The quantitative estimate of drug-likeness (QED) is 0.790. The van der Waals surface area contributed by atoms with Crippen molar-refractivity contribution in [2.45, 2.75) is 13.3 Å². The maximum atomic E-state index is 10.6. The van der Waals surface area contributed by atoms with E-state index < -0.39 is 17.9 Å². The molecule has 0 aliphatic carbocycles. The Kier molecular flexibility index (Phi) is 4.51. The van der Waals surface area contributed by atoms with Gasteiger partial charge in [-0.2, -0.15) is 0 Å². The van der Waals surface area contributed by atoms with E-state index in [0.29, 0.717) is 18.8 Å². The summed E-state index contributed by atoms with van der Waals surface area (Å²) in [7, 11) is 0. The first-order valence-corrected chi connectivity index (χ1v) is 5.19. The van der Waals surface area contributed by atoms with E-state index in [1.807, 2.05) is 0 Å². The number of carboxylic acid groups (broad SMARTS) is 2. The molecule has 0 bridgehead atoms. The van der Waals surface area contributed by atoms with Crippen molar-refractivity contribution in [1.82, 2.24) is 0 Å². The van der Waals surface area contributed by atoms with Crippen LogP contribution in [0, 0.1) is 5.92 Å². The Bertz CT molecular complexity index is 396. The molecule has 1 atom stereocenters. The Morgan fingerprint density at radius 1 is 1.24 bits per heavy atom. The van der Waals surface area contributed by atoms with Crippen molar-refractivity contribution < 1.29 is 24.5 Å². The molecule has 0 aliphatic heterocycles. The van der Waals surface area contributed by atoms with Gasteiger partial charge in [0.1, 0.15) is 5.75 Å². The van der Waals surface area contributed by atoms with E-state index in [0.717, 1.165) is 0 Å². The lowest BCUT2D eigenvalue weighted by Gasteiger charge is -2.08. The van der Waals surface area contributed by atoms with E-state index in [4.69, 9.17) is 14.9 Å². The van der Waals surface area contributed by atoms with Gasteiger partial charge in [-0.15, -0.1) is 0 Å². The molecule has 0 unspecified atom stereocenters. The number of carboxylic acids is 2. The second kappa shape index (κ2) is 5.89. The Labute approximate surface area is 98.6 Å². The van der Waals surface area contributed by atoms with Gasteiger partial charge in [0.15, 0.2) is 0 Å². The highest BCUT2D eigenvalue weighted by molar-refractivity contribution is 5.87. The molecule has 0 aromatic heterocycles. The molecule has 0 fully saturated rings. The molecule has 5 nitrogen and oxygen atoms in total. The minimum atomic E-state index is -0.990. The molecule has 0 aliphatic rings.